The maximum absolute atomic E-state index is 11.0. The van der Waals surface area contributed by atoms with Gasteiger partial charge in [0.05, 0.1) is 4.99 Å². The van der Waals surface area contributed by atoms with E-state index < -0.39 is 0 Å². The maximum atomic E-state index is 11.0. The first-order valence-electron chi connectivity index (χ1n) is 4.70. The summed E-state index contributed by atoms with van der Waals surface area (Å²) in [7, 11) is 1.63. The summed E-state index contributed by atoms with van der Waals surface area (Å²) in [4.78, 5) is 13.6. The molecule has 0 aromatic heterocycles. The molecule has 0 fully saturated rings. The molecule has 0 rings (SSSR count). The van der Waals surface area contributed by atoms with Crippen LogP contribution in [0.3, 0.4) is 0 Å². The van der Waals surface area contributed by atoms with Crippen LogP contribution in [0.4, 0.5) is 0 Å². The summed E-state index contributed by atoms with van der Waals surface area (Å²) in [6, 6.07) is 0.348. The predicted octanol–water partition coefficient (Wildman–Crippen LogP) is 0.119. The summed E-state index contributed by atoms with van der Waals surface area (Å²) in [5.41, 5.74) is 5.46. The average molecular weight is 217 g/mol. The van der Waals surface area contributed by atoms with Gasteiger partial charge >= 0.3 is 0 Å². The number of hydrogen-bond acceptors (Lipinski definition) is 3. The summed E-state index contributed by atoms with van der Waals surface area (Å²) in [5.74, 6) is 0.0404. The lowest BCUT2D eigenvalue weighted by Crippen LogP contribution is -2.39. The molecule has 14 heavy (non-hydrogen) atoms. The highest BCUT2D eigenvalue weighted by Crippen LogP contribution is 1.99. The molecule has 0 unspecified atom stereocenters. The molecule has 3 N–H and O–H groups in total. The van der Waals surface area contributed by atoms with Crippen molar-refractivity contribution in [2.24, 2.45) is 5.73 Å². The van der Waals surface area contributed by atoms with E-state index in [4.69, 9.17) is 18.0 Å². The number of nitrogens with zero attached hydrogens (tertiary/aromatic N) is 1. The molecule has 0 saturated heterocycles. The van der Waals surface area contributed by atoms with Gasteiger partial charge in [-0.25, -0.2) is 0 Å². The third-order valence-electron chi connectivity index (χ3n) is 1.99. The quantitative estimate of drug-likeness (QED) is 0.620. The summed E-state index contributed by atoms with van der Waals surface area (Å²) >= 11 is 4.83. The molecule has 0 heterocycles. The smallest absolute Gasteiger partial charge is 0.221 e. The van der Waals surface area contributed by atoms with E-state index in [9.17, 15) is 4.79 Å². The lowest BCUT2D eigenvalue weighted by molar-refractivity contribution is -0.120. The zero-order valence-corrected chi connectivity index (χ0v) is 9.86. The fourth-order valence-corrected chi connectivity index (χ4v) is 1.26. The molecule has 82 valence electrons. The van der Waals surface area contributed by atoms with Gasteiger partial charge < -0.3 is 11.1 Å². The Hall–Kier alpha value is -0.680. The second-order valence-corrected chi connectivity index (χ2v) is 3.98. The van der Waals surface area contributed by atoms with Crippen LogP contribution in [0.1, 0.15) is 20.3 Å². The third-order valence-corrected chi connectivity index (χ3v) is 2.12. The van der Waals surface area contributed by atoms with E-state index >= 15 is 0 Å². The van der Waals surface area contributed by atoms with Crippen LogP contribution >= 0.6 is 12.2 Å². The zero-order chi connectivity index (χ0) is 11.1. The molecule has 0 aromatic carbocycles. The van der Waals surface area contributed by atoms with Gasteiger partial charge in [-0.05, 0) is 13.8 Å². The van der Waals surface area contributed by atoms with Gasteiger partial charge in [-0.2, -0.15) is 0 Å². The zero-order valence-electron chi connectivity index (χ0n) is 9.04. The van der Waals surface area contributed by atoms with Crippen molar-refractivity contribution in [3.8, 4) is 0 Å². The van der Waals surface area contributed by atoms with Crippen molar-refractivity contribution >= 4 is 23.1 Å². The van der Waals surface area contributed by atoms with Crippen LogP contribution in [-0.4, -0.2) is 42.0 Å². The van der Waals surface area contributed by atoms with E-state index in [0.717, 1.165) is 0 Å². The summed E-state index contributed by atoms with van der Waals surface area (Å²) in [5, 5.41) is 2.58. The fourth-order valence-electron chi connectivity index (χ4n) is 1.09. The number of nitrogens with two attached hydrogens (primary N) is 1. The highest BCUT2D eigenvalue weighted by molar-refractivity contribution is 7.80. The molecule has 5 heteroatoms. The highest BCUT2D eigenvalue weighted by atomic mass is 32.1. The molecule has 0 atom stereocenters. The minimum atomic E-state index is 0.0404. The van der Waals surface area contributed by atoms with Crippen LogP contribution in [0.15, 0.2) is 0 Å². The molecule has 0 saturated carbocycles. The van der Waals surface area contributed by atoms with Gasteiger partial charge in [-0.3, -0.25) is 9.69 Å². The SMILES string of the molecule is CNC(=O)CCN(CC(N)=S)C(C)C. The van der Waals surface area contributed by atoms with Crippen molar-refractivity contribution in [3.63, 3.8) is 0 Å². The van der Waals surface area contributed by atoms with E-state index in [2.05, 4.69) is 24.1 Å². The number of carbonyl (C=O) groups excluding carboxylic acids is 1. The lowest BCUT2D eigenvalue weighted by Gasteiger charge is -2.25. The topological polar surface area (TPSA) is 58.4 Å². The Bertz CT molecular complexity index is 206. The summed E-state index contributed by atoms with van der Waals surface area (Å²) < 4.78 is 0. The molecule has 0 radical (unpaired) electrons. The maximum Gasteiger partial charge on any atom is 0.221 e. The number of rotatable bonds is 6. The van der Waals surface area contributed by atoms with Gasteiger partial charge in [0, 0.05) is 32.6 Å². The molecule has 0 aromatic rings. The monoisotopic (exact) mass is 217 g/mol. The van der Waals surface area contributed by atoms with Gasteiger partial charge in [0.1, 0.15) is 0 Å². The minimum Gasteiger partial charge on any atom is -0.392 e. The minimum absolute atomic E-state index is 0.0404. The first kappa shape index (κ1) is 13.3. The normalized spacial score (nSPS) is 10.6. The summed E-state index contributed by atoms with van der Waals surface area (Å²) in [6.45, 7) is 5.38. The Labute approximate surface area is 90.8 Å². The first-order valence-corrected chi connectivity index (χ1v) is 5.11. The van der Waals surface area contributed by atoms with E-state index in [-0.39, 0.29) is 5.91 Å². The molecular formula is C9H19N3OS. The Morgan fingerprint density at radius 1 is 1.57 bits per heavy atom. The van der Waals surface area contributed by atoms with Crippen molar-refractivity contribution in [1.82, 2.24) is 10.2 Å². The largest absolute Gasteiger partial charge is 0.392 e. The van der Waals surface area contributed by atoms with Crippen LogP contribution in [0.5, 0.6) is 0 Å². The Kier molecular flexibility index (Phi) is 6.40. The van der Waals surface area contributed by atoms with Crippen molar-refractivity contribution < 1.29 is 4.79 Å². The van der Waals surface area contributed by atoms with Gasteiger partial charge in [-0.15, -0.1) is 0 Å². The van der Waals surface area contributed by atoms with E-state index in [1.165, 1.54) is 0 Å². The number of amides is 1. The van der Waals surface area contributed by atoms with E-state index in [1.807, 2.05) is 0 Å². The van der Waals surface area contributed by atoms with Gasteiger partial charge in [0.25, 0.3) is 0 Å². The van der Waals surface area contributed by atoms with Gasteiger partial charge in [0.2, 0.25) is 5.91 Å². The summed E-state index contributed by atoms with van der Waals surface area (Å²) in [6.07, 6.45) is 0.483. The van der Waals surface area contributed by atoms with Gasteiger partial charge in [0.15, 0.2) is 0 Å². The molecule has 0 bridgehead atoms. The lowest BCUT2D eigenvalue weighted by atomic mass is 10.2. The fraction of sp³-hybridized carbons (Fsp3) is 0.778. The van der Waals surface area contributed by atoms with Crippen LogP contribution in [0.2, 0.25) is 0 Å². The van der Waals surface area contributed by atoms with Crippen LogP contribution in [0, 0.1) is 0 Å². The van der Waals surface area contributed by atoms with Gasteiger partial charge in [-0.1, -0.05) is 12.2 Å². The molecule has 0 aliphatic heterocycles. The molecule has 4 nitrogen and oxygen atoms in total. The Balaban J connectivity index is 3.97. The van der Waals surface area contributed by atoms with Crippen LogP contribution in [0.25, 0.3) is 0 Å². The first-order chi connectivity index (χ1) is 6.47. The Morgan fingerprint density at radius 3 is 2.50 bits per heavy atom. The average Bonchev–Trinajstić information content (AvgIpc) is 2.10. The van der Waals surface area contributed by atoms with E-state index in [1.54, 1.807) is 7.05 Å². The van der Waals surface area contributed by atoms with Crippen molar-refractivity contribution in [2.75, 3.05) is 20.1 Å². The number of hydrogen-bond donors (Lipinski definition) is 2. The molecule has 0 aliphatic rings. The van der Waals surface area contributed by atoms with Crippen LogP contribution in [-0.2, 0) is 4.79 Å². The second kappa shape index (κ2) is 6.73. The second-order valence-electron chi connectivity index (χ2n) is 3.45. The number of thiocarbonyl (C=S) groups is 1. The number of nitrogens with one attached hydrogen (secondary N) is 1. The standard InChI is InChI=1S/C9H19N3OS/c1-7(2)12(6-8(10)14)5-4-9(13)11-3/h7H,4-6H2,1-3H3,(H2,10,14)(H,11,13). The Morgan fingerprint density at radius 2 is 2.14 bits per heavy atom. The highest BCUT2D eigenvalue weighted by Gasteiger charge is 2.11. The van der Waals surface area contributed by atoms with Crippen LogP contribution < -0.4 is 11.1 Å². The molecular weight excluding hydrogens is 198 g/mol. The van der Waals surface area contributed by atoms with Crippen molar-refractivity contribution in [3.05, 3.63) is 0 Å². The van der Waals surface area contributed by atoms with E-state index in [0.29, 0.717) is 30.5 Å². The van der Waals surface area contributed by atoms with Crippen molar-refractivity contribution in [1.29, 1.82) is 0 Å². The van der Waals surface area contributed by atoms with Crippen molar-refractivity contribution in [2.45, 2.75) is 26.3 Å². The molecule has 0 spiro atoms. The molecule has 0 aliphatic carbocycles. The molecule has 1 amide bonds. The predicted molar refractivity (Wildman–Crippen MR) is 62.2 cm³/mol. The third kappa shape index (κ3) is 5.88. The number of carbonyl (C=O) groups is 1.